The highest BCUT2D eigenvalue weighted by Crippen LogP contribution is 2.22. The summed E-state index contributed by atoms with van der Waals surface area (Å²) in [4.78, 5) is 2.45. The van der Waals surface area contributed by atoms with Gasteiger partial charge in [-0.1, -0.05) is 19.2 Å². The van der Waals surface area contributed by atoms with Gasteiger partial charge in [0.05, 0.1) is 0 Å². The molecule has 0 bridgehead atoms. The van der Waals surface area contributed by atoms with Crippen LogP contribution < -0.4 is 0 Å². The molecular formula is C9H10S. The van der Waals surface area contributed by atoms with Crippen molar-refractivity contribution in [2.75, 3.05) is 0 Å². The third-order valence-corrected chi connectivity index (χ3v) is 2.49. The minimum Gasteiger partial charge on any atom is -0.136 e. The predicted octanol–water partition coefficient (Wildman–Crippen LogP) is 3.42. The minimum absolute atomic E-state index is 1.12. The molecule has 0 saturated carbocycles. The zero-order valence-electron chi connectivity index (χ0n) is 6.05. The Labute approximate surface area is 65.5 Å². The van der Waals surface area contributed by atoms with Gasteiger partial charge in [0.1, 0.15) is 0 Å². The molecule has 0 aromatic carbocycles. The molecule has 0 aliphatic carbocycles. The number of allylic oxidation sites excluding steroid dienone is 1. The number of rotatable bonds is 2. The van der Waals surface area contributed by atoms with E-state index in [9.17, 15) is 0 Å². The Balaban J connectivity index is 2.98. The van der Waals surface area contributed by atoms with Crippen molar-refractivity contribution >= 4 is 23.0 Å². The first-order chi connectivity index (χ1) is 4.74. The maximum absolute atomic E-state index is 3.85. The maximum Gasteiger partial charge on any atom is 0.0300 e. The molecule has 10 heavy (non-hydrogen) atoms. The van der Waals surface area contributed by atoms with Crippen molar-refractivity contribution in [3.8, 4) is 0 Å². The molecule has 1 heterocycles. The van der Waals surface area contributed by atoms with Crippen LogP contribution in [0.1, 0.15) is 16.7 Å². The fourth-order valence-corrected chi connectivity index (χ4v) is 1.48. The van der Waals surface area contributed by atoms with Gasteiger partial charge >= 0.3 is 0 Å². The monoisotopic (exact) mass is 150 g/mol. The van der Waals surface area contributed by atoms with Crippen molar-refractivity contribution in [2.24, 2.45) is 0 Å². The first-order valence-electron chi connectivity index (χ1n) is 3.12. The fraction of sp³-hybridized carbons (Fsp3) is 0.111. The lowest BCUT2D eigenvalue weighted by Gasteiger charge is -1.87. The molecule has 0 aliphatic rings. The molecule has 1 aromatic rings. The van der Waals surface area contributed by atoms with Crippen LogP contribution in [0.2, 0.25) is 0 Å². The Morgan fingerprint density at radius 1 is 1.60 bits per heavy atom. The van der Waals surface area contributed by atoms with E-state index in [1.165, 1.54) is 9.75 Å². The summed E-state index contributed by atoms with van der Waals surface area (Å²) in [5.41, 5.74) is 1.12. The molecule has 0 fully saturated rings. The molecule has 1 aromatic heterocycles. The van der Waals surface area contributed by atoms with Crippen LogP contribution in [0.15, 0.2) is 25.3 Å². The van der Waals surface area contributed by atoms with Gasteiger partial charge in [-0.05, 0) is 24.6 Å². The highest BCUT2D eigenvalue weighted by molar-refractivity contribution is 7.13. The van der Waals surface area contributed by atoms with Crippen LogP contribution in [-0.2, 0) is 0 Å². The summed E-state index contributed by atoms with van der Waals surface area (Å²) in [6, 6.07) is 4.13. The summed E-state index contributed by atoms with van der Waals surface area (Å²) in [5, 5.41) is 0. The standard InChI is InChI=1S/C9H10S/c1-4-8-5-6-9(10-8)7(2)3/h4-6H,1-2H2,3H3. The van der Waals surface area contributed by atoms with Gasteiger partial charge in [0.25, 0.3) is 0 Å². The zero-order chi connectivity index (χ0) is 7.56. The van der Waals surface area contributed by atoms with E-state index in [1.807, 2.05) is 13.0 Å². The van der Waals surface area contributed by atoms with E-state index in [0.29, 0.717) is 0 Å². The second-order valence-electron chi connectivity index (χ2n) is 2.19. The molecule has 1 rings (SSSR count). The minimum atomic E-state index is 1.12. The van der Waals surface area contributed by atoms with Gasteiger partial charge in [-0.3, -0.25) is 0 Å². The average molecular weight is 150 g/mol. The molecule has 0 unspecified atom stereocenters. The first-order valence-corrected chi connectivity index (χ1v) is 3.94. The smallest absolute Gasteiger partial charge is 0.0300 e. The molecule has 0 N–H and O–H groups in total. The van der Waals surface area contributed by atoms with Crippen molar-refractivity contribution in [1.82, 2.24) is 0 Å². The topological polar surface area (TPSA) is 0 Å². The second kappa shape index (κ2) is 2.84. The highest BCUT2D eigenvalue weighted by atomic mass is 32.1. The van der Waals surface area contributed by atoms with Crippen LogP contribution in [0.3, 0.4) is 0 Å². The summed E-state index contributed by atoms with van der Waals surface area (Å²) in [7, 11) is 0. The van der Waals surface area contributed by atoms with E-state index < -0.39 is 0 Å². The summed E-state index contributed by atoms with van der Waals surface area (Å²) < 4.78 is 0. The average Bonchev–Trinajstić information content (AvgIpc) is 2.34. The van der Waals surface area contributed by atoms with E-state index in [1.54, 1.807) is 11.3 Å². The van der Waals surface area contributed by atoms with Crippen LogP contribution in [-0.4, -0.2) is 0 Å². The Morgan fingerprint density at radius 2 is 2.30 bits per heavy atom. The van der Waals surface area contributed by atoms with E-state index in [-0.39, 0.29) is 0 Å². The molecule has 52 valence electrons. The van der Waals surface area contributed by atoms with Crippen LogP contribution in [0.4, 0.5) is 0 Å². The molecule has 0 saturated heterocycles. The third-order valence-electron chi connectivity index (χ3n) is 1.25. The molecule has 0 aliphatic heterocycles. The van der Waals surface area contributed by atoms with E-state index >= 15 is 0 Å². The van der Waals surface area contributed by atoms with Gasteiger partial charge < -0.3 is 0 Å². The maximum atomic E-state index is 3.85. The Kier molecular flexibility index (Phi) is 2.07. The molecule has 0 spiro atoms. The number of thiophene rings is 1. The summed E-state index contributed by atoms with van der Waals surface area (Å²) in [5.74, 6) is 0. The highest BCUT2D eigenvalue weighted by Gasteiger charge is 1.95. The third kappa shape index (κ3) is 1.36. The Hall–Kier alpha value is -0.820. The molecule has 1 heteroatoms. The lowest BCUT2D eigenvalue weighted by Crippen LogP contribution is -1.62. The zero-order valence-corrected chi connectivity index (χ0v) is 6.87. The van der Waals surface area contributed by atoms with Gasteiger partial charge in [-0.25, -0.2) is 0 Å². The SMILES string of the molecule is C=Cc1ccc(C(=C)C)s1. The molecule has 0 radical (unpaired) electrons. The lowest BCUT2D eigenvalue weighted by atomic mass is 10.3. The lowest BCUT2D eigenvalue weighted by molar-refractivity contribution is 1.74. The van der Waals surface area contributed by atoms with Crippen LogP contribution in [0.25, 0.3) is 11.6 Å². The summed E-state index contributed by atoms with van der Waals surface area (Å²) >= 11 is 1.72. The van der Waals surface area contributed by atoms with Gasteiger partial charge in [0.15, 0.2) is 0 Å². The molecular weight excluding hydrogens is 140 g/mol. The van der Waals surface area contributed by atoms with Crippen LogP contribution >= 0.6 is 11.3 Å². The van der Waals surface area contributed by atoms with Crippen molar-refractivity contribution in [1.29, 1.82) is 0 Å². The van der Waals surface area contributed by atoms with Gasteiger partial charge in [-0.15, -0.1) is 11.3 Å². The van der Waals surface area contributed by atoms with Gasteiger partial charge in [-0.2, -0.15) is 0 Å². The van der Waals surface area contributed by atoms with Crippen molar-refractivity contribution in [3.63, 3.8) is 0 Å². The predicted molar refractivity (Wildman–Crippen MR) is 49.1 cm³/mol. The van der Waals surface area contributed by atoms with E-state index in [4.69, 9.17) is 0 Å². The molecule has 0 amide bonds. The molecule has 0 atom stereocenters. The van der Waals surface area contributed by atoms with E-state index in [2.05, 4.69) is 25.3 Å². The fourth-order valence-electron chi connectivity index (χ4n) is 0.692. The van der Waals surface area contributed by atoms with Crippen molar-refractivity contribution in [2.45, 2.75) is 6.92 Å². The number of hydrogen-bond donors (Lipinski definition) is 0. The van der Waals surface area contributed by atoms with Gasteiger partial charge in [0.2, 0.25) is 0 Å². The van der Waals surface area contributed by atoms with Crippen LogP contribution in [0, 0.1) is 0 Å². The number of hydrogen-bond acceptors (Lipinski definition) is 1. The summed E-state index contributed by atoms with van der Waals surface area (Å²) in [6.07, 6.45) is 1.86. The Bertz CT molecular complexity index is 255. The molecule has 0 nitrogen and oxygen atoms in total. The quantitative estimate of drug-likeness (QED) is 0.606. The second-order valence-corrected chi connectivity index (χ2v) is 3.30. The first kappa shape index (κ1) is 7.29. The van der Waals surface area contributed by atoms with Crippen molar-refractivity contribution < 1.29 is 0 Å². The summed E-state index contributed by atoms with van der Waals surface area (Å²) in [6.45, 7) is 9.55. The van der Waals surface area contributed by atoms with Gasteiger partial charge in [0, 0.05) is 9.75 Å². The largest absolute Gasteiger partial charge is 0.136 e. The Morgan fingerprint density at radius 3 is 2.60 bits per heavy atom. The van der Waals surface area contributed by atoms with Crippen LogP contribution in [0.5, 0.6) is 0 Å². The normalized spacial score (nSPS) is 9.30. The van der Waals surface area contributed by atoms with E-state index in [0.717, 1.165) is 5.57 Å². The van der Waals surface area contributed by atoms with Crippen molar-refractivity contribution in [3.05, 3.63) is 35.0 Å².